The molecule has 0 aliphatic carbocycles. The predicted octanol–water partition coefficient (Wildman–Crippen LogP) is 3.04. The summed E-state index contributed by atoms with van der Waals surface area (Å²) < 4.78 is 15.8. The van der Waals surface area contributed by atoms with E-state index in [0.29, 0.717) is 0 Å². The number of piperazine rings is 1. The molecule has 8 nitrogen and oxygen atoms in total. The van der Waals surface area contributed by atoms with E-state index in [0.717, 1.165) is 0 Å². The fourth-order valence-electron chi connectivity index (χ4n) is 2.83. The first kappa shape index (κ1) is 23.0. The lowest BCUT2D eigenvalue weighted by Gasteiger charge is -2.46. The zero-order valence-corrected chi connectivity index (χ0v) is 18.0. The third kappa shape index (κ3) is 6.59. The second-order valence-corrected chi connectivity index (χ2v) is 9.12. The van der Waals surface area contributed by atoms with Crippen molar-refractivity contribution in [3.63, 3.8) is 0 Å². The molecule has 1 rings (SSSR count). The maximum Gasteiger partial charge on any atom is 0.411 e. The predicted molar refractivity (Wildman–Crippen MR) is 100 cm³/mol. The van der Waals surface area contributed by atoms with Crippen LogP contribution in [0, 0.1) is 5.92 Å². The van der Waals surface area contributed by atoms with E-state index in [2.05, 4.69) is 0 Å². The van der Waals surface area contributed by atoms with E-state index in [1.165, 1.54) is 16.9 Å². The SMILES string of the molecule is COC(=O)[C@@H]1CN(C(=O)OC(C)(C)C)CC(C(C)C)N1C(=O)OC(C)(C)C. The van der Waals surface area contributed by atoms with Crippen LogP contribution in [0.2, 0.25) is 0 Å². The number of nitrogens with zero attached hydrogens (tertiary/aromatic N) is 2. The van der Waals surface area contributed by atoms with Crippen molar-refractivity contribution in [3.05, 3.63) is 0 Å². The molecule has 1 aliphatic rings. The number of amides is 2. The molecule has 0 spiro atoms. The largest absolute Gasteiger partial charge is 0.467 e. The molecule has 27 heavy (non-hydrogen) atoms. The van der Waals surface area contributed by atoms with Crippen molar-refractivity contribution in [3.8, 4) is 0 Å². The van der Waals surface area contributed by atoms with Gasteiger partial charge >= 0.3 is 18.2 Å². The van der Waals surface area contributed by atoms with E-state index in [4.69, 9.17) is 14.2 Å². The highest BCUT2D eigenvalue weighted by molar-refractivity contribution is 5.83. The molecule has 0 aromatic rings. The molecule has 1 fully saturated rings. The Hall–Kier alpha value is -1.99. The maximum absolute atomic E-state index is 12.8. The molecule has 1 saturated heterocycles. The van der Waals surface area contributed by atoms with Gasteiger partial charge in [-0.1, -0.05) is 13.8 Å². The van der Waals surface area contributed by atoms with Crippen LogP contribution < -0.4 is 0 Å². The lowest BCUT2D eigenvalue weighted by molar-refractivity contribution is -0.151. The van der Waals surface area contributed by atoms with Crippen molar-refractivity contribution >= 4 is 18.2 Å². The summed E-state index contributed by atoms with van der Waals surface area (Å²) in [5.74, 6) is -0.616. The van der Waals surface area contributed by atoms with Crippen LogP contribution in [-0.4, -0.2) is 71.4 Å². The van der Waals surface area contributed by atoms with Crippen molar-refractivity contribution in [2.45, 2.75) is 78.7 Å². The first-order valence-electron chi connectivity index (χ1n) is 9.23. The topological polar surface area (TPSA) is 85.4 Å². The van der Waals surface area contributed by atoms with E-state index >= 15 is 0 Å². The molecule has 2 amide bonds. The molecule has 0 bridgehead atoms. The van der Waals surface area contributed by atoms with E-state index in [9.17, 15) is 14.4 Å². The van der Waals surface area contributed by atoms with Gasteiger partial charge in [0.2, 0.25) is 0 Å². The van der Waals surface area contributed by atoms with Crippen LogP contribution in [0.4, 0.5) is 9.59 Å². The lowest BCUT2D eigenvalue weighted by Crippen LogP contribution is -2.66. The Kier molecular flexibility index (Phi) is 7.13. The zero-order chi connectivity index (χ0) is 21.2. The summed E-state index contributed by atoms with van der Waals surface area (Å²) >= 11 is 0. The monoisotopic (exact) mass is 386 g/mol. The fraction of sp³-hybridized carbons (Fsp3) is 0.842. The minimum Gasteiger partial charge on any atom is -0.467 e. The van der Waals surface area contributed by atoms with Crippen molar-refractivity contribution in [2.24, 2.45) is 5.92 Å². The van der Waals surface area contributed by atoms with Gasteiger partial charge in [-0.3, -0.25) is 4.90 Å². The Balaban J connectivity index is 3.20. The van der Waals surface area contributed by atoms with Crippen LogP contribution in [-0.2, 0) is 19.0 Å². The number of rotatable bonds is 2. The van der Waals surface area contributed by atoms with E-state index in [1.54, 1.807) is 41.5 Å². The van der Waals surface area contributed by atoms with Gasteiger partial charge in [0.1, 0.15) is 11.2 Å². The summed E-state index contributed by atoms with van der Waals surface area (Å²) in [6.45, 7) is 14.7. The molecule has 0 saturated carbocycles. The van der Waals surface area contributed by atoms with Gasteiger partial charge in [-0.15, -0.1) is 0 Å². The van der Waals surface area contributed by atoms with Crippen molar-refractivity contribution < 1.29 is 28.6 Å². The Labute approximate surface area is 162 Å². The molecule has 8 heteroatoms. The van der Waals surface area contributed by atoms with E-state index < -0.39 is 41.4 Å². The van der Waals surface area contributed by atoms with Gasteiger partial charge < -0.3 is 19.1 Å². The summed E-state index contributed by atoms with van der Waals surface area (Å²) in [6, 6.07) is -1.37. The van der Waals surface area contributed by atoms with Crippen LogP contribution in [0.25, 0.3) is 0 Å². The van der Waals surface area contributed by atoms with Gasteiger partial charge in [0.25, 0.3) is 0 Å². The molecule has 0 N–H and O–H groups in total. The number of carbonyl (C=O) groups excluding carboxylic acids is 3. The second-order valence-electron chi connectivity index (χ2n) is 9.12. The third-order valence-corrected chi connectivity index (χ3v) is 3.99. The molecule has 0 aromatic heterocycles. The molecule has 2 atom stereocenters. The standard InChI is InChI=1S/C19H34N2O6/c1-12(2)13-10-20(16(23)26-18(3,4)5)11-14(15(22)25-9)21(13)17(24)27-19(6,7)8/h12-14H,10-11H2,1-9H3/t13?,14-/m0/s1. The average Bonchev–Trinajstić information content (AvgIpc) is 2.49. The number of methoxy groups -OCH3 is 1. The van der Waals surface area contributed by atoms with Gasteiger partial charge in [0, 0.05) is 6.54 Å². The molecule has 1 aliphatic heterocycles. The number of hydrogen-bond donors (Lipinski definition) is 0. The van der Waals surface area contributed by atoms with Crippen molar-refractivity contribution in [1.29, 1.82) is 0 Å². The van der Waals surface area contributed by atoms with Gasteiger partial charge in [-0.2, -0.15) is 0 Å². The molecule has 156 valence electrons. The number of hydrogen-bond acceptors (Lipinski definition) is 6. The highest BCUT2D eigenvalue weighted by atomic mass is 16.6. The molecular weight excluding hydrogens is 352 g/mol. The lowest BCUT2D eigenvalue weighted by atomic mass is 9.96. The Morgan fingerprint density at radius 1 is 0.889 bits per heavy atom. The molecule has 0 radical (unpaired) electrons. The summed E-state index contributed by atoms with van der Waals surface area (Å²) in [4.78, 5) is 40.7. The van der Waals surface area contributed by atoms with Gasteiger partial charge in [-0.25, -0.2) is 14.4 Å². The zero-order valence-electron chi connectivity index (χ0n) is 18.0. The summed E-state index contributed by atoms with van der Waals surface area (Å²) in [6.07, 6.45) is -1.12. The molecule has 0 aromatic carbocycles. The van der Waals surface area contributed by atoms with E-state index in [1.807, 2.05) is 13.8 Å². The molecule has 1 heterocycles. The smallest absolute Gasteiger partial charge is 0.411 e. The first-order chi connectivity index (χ1) is 12.2. The van der Waals surface area contributed by atoms with Crippen LogP contribution in [0.15, 0.2) is 0 Å². The van der Waals surface area contributed by atoms with E-state index in [-0.39, 0.29) is 19.0 Å². The number of ether oxygens (including phenoxy) is 3. The highest BCUT2D eigenvalue weighted by Gasteiger charge is 2.46. The van der Waals surface area contributed by atoms with Crippen molar-refractivity contribution in [2.75, 3.05) is 20.2 Å². The minimum absolute atomic E-state index is 0.00987. The van der Waals surface area contributed by atoms with Gasteiger partial charge in [-0.05, 0) is 47.5 Å². The fourth-order valence-corrected chi connectivity index (χ4v) is 2.83. The quantitative estimate of drug-likeness (QED) is 0.536. The normalized spacial score (nSPS) is 21.1. The average molecular weight is 386 g/mol. The second kappa shape index (κ2) is 8.35. The summed E-state index contributed by atoms with van der Waals surface area (Å²) in [7, 11) is 1.26. The summed E-state index contributed by atoms with van der Waals surface area (Å²) in [5.41, 5.74) is -1.37. The highest BCUT2D eigenvalue weighted by Crippen LogP contribution is 2.26. The minimum atomic E-state index is -0.960. The summed E-state index contributed by atoms with van der Waals surface area (Å²) in [5, 5.41) is 0. The van der Waals surface area contributed by atoms with Crippen LogP contribution in [0.5, 0.6) is 0 Å². The third-order valence-electron chi connectivity index (χ3n) is 3.99. The van der Waals surface area contributed by atoms with Crippen LogP contribution in [0.3, 0.4) is 0 Å². The Morgan fingerprint density at radius 3 is 1.78 bits per heavy atom. The molecular formula is C19H34N2O6. The van der Waals surface area contributed by atoms with Gasteiger partial charge in [0.15, 0.2) is 6.04 Å². The van der Waals surface area contributed by atoms with Crippen LogP contribution >= 0.6 is 0 Å². The Morgan fingerprint density at radius 2 is 1.37 bits per heavy atom. The number of esters is 1. The van der Waals surface area contributed by atoms with Crippen LogP contribution in [0.1, 0.15) is 55.4 Å². The Bertz CT molecular complexity index is 562. The maximum atomic E-state index is 12.8. The first-order valence-corrected chi connectivity index (χ1v) is 9.23. The van der Waals surface area contributed by atoms with Crippen molar-refractivity contribution in [1.82, 2.24) is 9.80 Å². The van der Waals surface area contributed by atoms with Gasteiger partial charge in [0.05, 0.1) is 19.7 Å². The molecule has 1 unspecified atom stereocenters. The number of carbonyl (C=O) groups is 3.